The molecule has 6 heteroatoms. The number of rotatable bonds is 3. The largest absolute Gasteiger partial charge is 0.479 e. The highest BCUT2D eigenvalue weighted by Gasteiger charge is 2.43. The summed E-state index contributed by atoms with van der Waals surface area (Å²) in [4.78, 5) is 25.5. The third kappa shape index (κ3) is 3.09. The molecule has 0 bridgehead atoms. The molecule has 2 unspecified atom stereocenters. The fourth-order valence-electron chi connectivity index (χ4n) is 3.37. The summed E-state index contributed by atoms with van der Waals surface area (Å²) in [7, 11) is 0. The number of aliphatic carboxylic acids is 1. The Morgan fingerprint density at radius 2 is 1.78 bits per heavy atom. The van der Waals surface area contributed by atoms with Crippen LogP contribution in [0.5, 0.6) is 0 Å². The smallest absolute Gasteiger partial charge is 0.335 e. The van der Waals surface area contributed by atoms with Crippen molar-refractivity contribution in [1.82, 2.24) is 4.90 Å². The Morgan fingerprint density at radius 3 is 2.39 bits per heavy atom. The minimum absolute atomic E-state index is 0.0104. The molecule has 0 spiro atoms. The second kappa shape index (κ2) is 6.29. The Hall–Kier alpha value is -1.92. The molecule has 3 rings (SSSR count). The Balaban J connectivity index is 1.68. The number of piperidine rings is 1. The van der Waals surface area contributed by atoms with Crippen LogP contribution >= 0.6 is 0 Å². The molecule has 2 atom stereocenters. The van der Waals surface area contributed by atoms with Crippen molar-refractivity contribution < 1.29 is 24.5 Å². The van der Waals surface area contributed by atoms with Gasteiger partial charge in [-0.25, -0.2) is 4.79 Å². The van der Waals surface area contributed by atoms with Gasteiger partial charge in [0.25, 0.3) is 0 Å². The van der Waals surface area contributed by atoms with Crippen molar-refractivity contribution in [3.63, 3.8) is 0 Å². The molecule has 2 saturated heterocycles. The standard InChI is InChI=1S/C17H21NO5/c19-15(18-8-6-17(22,7-9-18)16(20)21)14-11-23-10-13(14)12-4-2-1-3-5-12/h1-5,13-14,22H,6-11H2,(H,20,21). The summed E-state index contributed by atoms with van der Waals surface area (Å²) >= 11 is 0. The summed E-state index contributed by atoms with van der Waals surface area (Å²) in [5.74, 6) is -1.43. The highest BCUT2D eigenvalue weighted by molar-refractivity contribution is 5.82. The number of carboxylic acids is 1. The van der Waals surface area contributed by atoms with Crippen LogP contribution in [0.25, 0.3) is 0 Å². The number of likely N-dealkylation sites (tertiary alicyclic amines) is 1. The number of carbonyl (C=O) groups excluding carboxylic acids is 1. The van der Waals surface area contributed by atoms with Gasteiger partial charge >= 0.3 is 5.97 Å². The lowest BCUT2D eigenvalue weighted by Gasteiger charge is -2.37. The molecule has 2 aliphatic heterocycles. The number of hydrogen-bond acceptors (Lipinski definition) is 4. The van der Waals surface area contributed by atoms with E-state index in [4.69, 9.17) is 9.84 Å². The van der Waals surface area contributed by atoms with Crippen molar-refractivity contribution in [2.75, 3.05) is 26.3 Å². The summed E-state index contributed by atoms with van der Waals surface area (Å²) in [6, 6.07) is 9.83. The van der Waals surface area contributed by atoms with E-state index < -0.39 is 11.6 Å². The zero-order chi connectivity index (χ0) is 16.4. The normalized spacial score (nSPS) is 26.9. The van der Waals surface area contributed by atoms with Crippen LogP contribution in [-0.2, 0) is 14.3 Å². The quantitative estimate of drug-likeness (QED) is 0.863. The first-order valence-electron chi connectivity index (χ1n) is 7.88. The van der Waals surface area contributed by atoms with Crippen LogP contribution in [0.3, 0.4) is 0 Å². The molecule has 23 heavy (non-hydrogen) atoms. The van der Waals surface area contributed by atoms with Gasteiger partial charge in [-0.05, 0) is 5.56 Å². The minimum atomic E-state index is -1.71. The van der Waals surface area contributed by atoms with Gasteiger partial charge in [-0.15, -0.1) is 0 Å². The van der Waals surface area contributed by atoms with Gasteiger partial charge in [0.15, 0.2) is 5.60 Å². The van der Waals surface area contributed by atoms with Crippen molar-refractivity contribution in [2.24, 2.45) is 5.92 Å². The first-order valence-corrected chi connectivity index (χ1v) is 7.88. The van der Waals surface area contributed by atoms with Crippen LogP contribution < -0.4 is 0 Å². The molecule has 0 saturated carbocycles. The first-order chi connectivity index (χ1) is 11.0. The number of aliphatic hydroxyl groups is 1. The van der Waals surface area contributed by atoms with E-state index in [0.29, 0.717) is 13.2 Å². The number of benzene rings is 1. The molecule has 1 aromatic rings. The van der Waals surface area contributed by atoms with E-state index in [2.05, 4.69) is 0 Å². The molecular formula is C17H21NO5. The predicted octanol–water partition coefficient (Wildman–Crippen LogP) is 0.855. The summed E-state index contributed by atoms with van der Waals surface area (Å²) in [6.07, 6.45) is 0.134. The lowest BCUT2D eigenvalue weighted by molar-refractivity contribution is -0.166. The fourth-order valence-corrected chi connectivity index (χ4v) is 3.37. The van der Waals surface area contributed by atoms with Crippen molar-refractivity contribution in [3.05, 3.63) is 35.9 Å². The van der Waals surface area contributed by atoms with Crippen molar-refractivity contribution in [3.8, 4) is 0 Å². The van der Waals surface area contributed by atoms with Gasteiger partial charge in [0, 0.05) is 31.8 Å². The van der Waals surface area contributed by atoms with Crippen molar-refractivity contribution in [1.29, 1.82) is 0 Å². The monoisotopic (exact) mass is 319 g/mol. The maximum atomic E-state index is 12.8. The van der Waals surface area contributed by atoms with Gasteiger partial charge in [0.05, 0.1) is 19.1 Å². The predicted molar refractivity (Wildman–Crippen MR) is 81.9 cm³/mol. The third-order valence-electron chi connectivity index (χ3n) is 4.93. The summed E-state index contributed by atoms with van der Waals surface area (Å²) in [5, 5.41) is 19.0. The van der Waals surface area contributed by atoms with Gasteiger partial charge in [0.2, 0.25) is 5.91 Å². The lowest BCUT2D eigenvalue weighted by atomic mass is 9.86. The van der Waals surface area contributed by atoms with E-state index >= 15 is 0 Å². The molecule has 6 nitrogen and oxygen atoms in total. The zero-order valence-corrected chi connectivity index (χ0v) is 12.9. The average Bonchev–Trinajstić information content (AvgIpc) is 3.05. The number of carbonyl (C=O) groups is 2. The van der Waals surface area contributed by atoms with Gasteiger partial charge in [-0.1, -0.05) is 30.3 Å². The van der Waals surface area contributed by atoms with Crippen molar-refractivity contribution >= 4 is 11.9 Å². The second-order valence-electron chi connectivity index (χ2n) is 6.32. The van der Waals surface area contributed by atoms with E-state index in [0.717, 1.165) is 5.56 Å². The SMILES string of the molecule is O=C(C1COCC1c1ccccc1)N1CCC(O)(C(=O)O)CC1. The number of amides is 1. The highest BCUT2D eigenvalue weighted by atomic mass is 16.5. The Morgan fingerprint density at radius 1 is 1.13 bits per heavy atom. The second-order valence-corrected chi connectivity index (χ2v) is 6.32. The third-order valence-corrected chi connectivity index (χ3v) is 4.93. The van der Waals surface area contributed by atoms with E-state index in [1.165, 1.54) is 0 Å². The zero-order valence-electron chi connectivity index (χ0n) is 12.9. The molecule has 2 N–H and O–H groups in total. The molecule has 1 aromatic carbocycles. The summed E-state index contributed by atoms with van der Waals surface area (Å²) in [5.41, 5.74) is -0.621. The van der Waals surface area contributed by atoms with Gasteiger partial charge in [0.1, 0.15) is 0 Å². The van der Waals surface area contributed by atoms with Crippen LogP contribution in [0.4, 0.5) is 0 Å². The lowest BCUT2D eigenvalue weighted by Crippen LogP contribution is -2.52. The van der Waals surface area contributed by atoms with Gasteiger partial charge in [-0.2, -0.15) is 0 Å². The Labute approximate surface area is 134 Å². The van der Waals surface area contributed by atoms with E-state index in [9.17, 15) is 14.7 Å². The maximum absolute atomic E-state index is 12.8. The molecular weight excluding hydrogens is 298 g/mol. The van der Waals surface area contributed by atoms with Crippen LogP contribution in [0.2, 0.25) is 0 Å². The van der Waals surface area contributed by atoms with Gasteiger partial charge < -0.3 is 19.8 Å². The average molecular weight is 319 g/mol. The molecule has 1 amide bonds. The van der Waals surface area contributed by atoms with E-state index in [-0.39, 0.29) is 43.7 Å². The summed E-state index contributed by atoms with van der Waals surface area (Å²) < 4.78 is 5.52. The molecule has 0 radical (unpaired) electrons. The van der Waals surface area contributed by atoms with Crippen LogP contribution in [0.15, 0.2) is 30.3 Å². The van der Waals surface area contributed by atoms with Gasteiger partial charge in [-0.3, -0.25) is 4.79 Å². The molecule has 124 valence electrons. The fraction of sp³-hybridized carbons (Fsp3) is 0.529. The highest BCUT2D eigenvalue weighted by Crippen LogP contribution is 2.33. The topological polar surface area (TPSA) is 87.1 Å². The minimum Gasteiger partial charge on any atom is -0.479 e. The van der Waals surface area contributed by atoms with Crippen LogP contribution in [-0.4, -0.2) is 58.9 Å². The molecule has 2 aliphatic rings. The van der Waals surface area contributed by atoms with Crippen molar-refractivity contribution in [2.45, 2.75) is 24.4 Å². The number of hydrogen-bond donors (Lipinski definition) is 2. The maximum Gasteiger partial charge on any atom is 0.335 e. The Bertz CT molecular complexity index is 580. The number of ether oxygens (including phenoxy) is 1. The number of carboxylic acid groups (broad SMARTS) is 1. The van der Waals surface area contributed by atoms with Crippen LogP contribution in [0.1, 0.15) is 24.3 Å². The Kier molecular flexibility index (Phi) is 4.37. The summed E-state index contributed by atoms with van der Waals surface area (Å²) in [6.45, 7) is 1.44. The van der Waals surface area contributed by atoms with Crippen LogP contribution in [0, 0.1) is 5.92 Å². The molecule has 0 aromatic heterocycles. The molecule has 2 fully saturated rings. The number of nitrogens with zero attached hydrogens (tertiary/aromatic N) is 1. The van der Waals surface area contributed by atoms with E-state index in [1.54, 1.807) is 4.90 Å². The first kappa shape index (κ1) is 16.0. The molecule has 0 aliphatic carbocycles. The van der Waals surface area contributed by atoms with E-state index in [1.807, 2.05) is 30.3 Å². The molecule has 2 heterocycles.